The van der Waals surface area contributed by atoms with Gasteiger partial charge in [-0.15, -0.1) is 0 Å². The van der Waals surface area contributed by atoms with Crippen LogP contribution in [0.3, 0.4) is 0 Å². The van der Waals surface area contributed by atoms with Crippen LogP contribution in [0.15, 0.2) is 58.4 Å². The highest BCUT2D eigenvalue weighted by Crippen LogP contribution is 2.23. The van der Waals surface area contributed by atoms with Crippen LogP contribution in [-0.4, -0.2) is 68.1 Å². The Bertz CT molecular complexity index is 1200. The SMILES string of the molecule is CC(C)c1ccc(C(=O)N2CCN(C(=O)[C@H](C)N=C3NS(=O)(=O)c4ccccc43)CC2)cc1. The maximum absolute atomic E-state index is 12.9. The van der Waals surface area contributed by atoms with Crippen molar-refractivity contribution in [1.82, 2.24) is 14.5 Å². The van der Waals surface area contributed by atoms with E-state index < -0.39 is 16.1 Å². The second-order valence-electron chi connectivity index (χ2n) is 8.65. The molecule has 9 heteroatoms. The van der Waals surface area contributed by atoms with Crippen molar-refractivity contribution in [1.29, 1.82) is 0 Å². The van der Waals surface area contributed by atoms with E-state index in [-0.39, 0.29) is 22.5 Å². The van der Waals surface area contributed by atoms with Gasteiger partial charge in [0, 0.05) is 37.3 Å². The zero-order valence-corrected chi connectivity index (χ0v) is 19.8. The molecule has 0 bridgehead atoms. The van der Waals surface area contributed by atoms with Gasteiger partial charge in [-0.1, -0.05) is 38.1 Å². The van der Waals surface area contributed by atoms with Crippen LogP contribution in [0.25, 0.3) is 0 Å². The summed E-state index contributed by atoms with van der Waals surface area (Å²) in [7, 11) is -3.65. The molecule has 1 N–H and O–H groups in total. The summed E-state index contributed by atoms with van der Waals surface area (Å²) in [6, 6.07) is 13.5. The third-order valence-corrected chi connectivity index (χ3v) is 7.44. The molecule has 174 valence electrons. The predicted molar refractivity (Wildman–Crippen MR) is 126 cm³/mol. The van der Waals surface area contributed by atoms with E-state index in [0.717, 1.165) is 0 Å². The van der Waals surface area contributed by atoms with Gasteiger partial charge in [0.25, 0.3) is 15.9 Å². The van der Waals surface area contributed by atoms with Crippen LogP contribution in [-0.2, 0) is 14.8 Å². The standard InChI is InChI=1S/C24H28N4O4S/c1-16(2)18-8-10-19(11-9-18)24(30)28-14-12-27(13-15-28)23(29)17(3)25-22-20-6-4-5-7-21(20)33(31,32)26-22/h4-11,16-17H,12-15H2,1-3H3,(H,25,26)/t17-/m0/s1. The molecule has 2 aliphatic rings. The molecule has 0 spiro atoms. The van der Waals surface area contributed by atoms with Crippen molar-refractivity contribution in [2.45, 2.75) is 37.6 Å². The Balaban J connectivity index is 1.38. The Hall–Kier alpha value is -3.20. The van der Waals surface area contributed by atoms with E-state index in [1.165, 1.54) is 11.6 Å². The normalized spacial score (nSPS) is 19.3. The first-order valence-electron chi connectivity index (χ1n) is 11.1. The van der Waals surface area contributed by atoms with Gasteiger partial charge < -0.3 is 9.80 Å². The number of carbonyl (C=O) groups is 2. The van der Waals surface area contributed by atoms with Crippen LogP contribution >= 0.6 is 0 Å². The highest BCUT2D eigenvalue weighted by Gasteiger charge is 2.32. The molecule has 0 aliphatic carbocycles. The van der Waals surface area contributed by atoms with Crippen LogP contribution in [0, 0.1) is 0 Å². The minimum atomic E-state index is -3.65. The lowest BCUT2D eigenvalue weighted by molar-refractivity contribution is -0.133. The molecule has 0 aromatic heterocycles. The summed E-state index contributed by atoms with van der Waals surface area (Å²) in [4.78, 5) is 33.7. The topological polar surface area (TPSA) is 99.2 Å². The highest BCUT2D eigenvalue weighted by atomic mass is 32.2. The number of carbonyl (C=O) groups excluding carboxylic acids is 2. The molecular weight excluding hydrogens is 440 g/mol. The Labute approximate surface area is 194 Å². The van der Waals surface area contributed by atoms with Gasteiger partial charge in [0.1, 0.15) is 11.9 Å². The van der Waals surface area contributed by atoms with Gasteiger partial charge >= 0.3 is 0 Å². The zero-order valence-electron chi connectivity index (χ0n) is 19.0. The smallest absolute Gasteiger partial charge is 0.263 e. The summed E-state index contributed by atoms with van der Waals surface area (Å²) in [6.45, 7) is 7.57. The summed E-state index contributed by atoms with van der Waals surface area (Å²) < 4.78 is 27.0. The van der Waals surface area contributed by atoms with E-state index in [1.807, 2.05) is 24.3 Å². The number of fused-ring (bicyclic) bond motifs is 1. The van der Waals surface area contributed by atoms with E-state index in [0.29, 0.717) is 43.2 Å². The van der Waals surface area contributed by atoms with Gasteiger partial charge in [0.15, 0.2) is 0 Å². The fraction of sp³-hybridized carbons (Fsp3) is 0.375. The first-order chi connectivity index (χ1) is 15.7. The number of hydrogen-bond acceptors (Lipinski definition) is 5. The first kappa shape index (κ1) is 23.0. The molecule has 4 rings (SSSR count). The maximum atomic E-state index is 12.9. The molecule has 2 heterocycles. The molecule has 1 fully saturated rings. The lowest BCUT2D eigenvalue weighted by atomic mass is 10.0. The Morgan fingerprint density at radius 2 is 1.52 bits per heavy atom. The molecule has 2 aromatic rings. The van der Waals surface area contributed by atoms with Crippen LogP contribution in [0.2, 0.25) is 0 Å². The van der Waals surface area contributed by atoms with Crippen LogP contribution in [0.4, 0.5) is 0 Å². The van der Waals surface area contributed by atoms with Crippen LogP contribution in [0.1, 0.15) is 48.2 Å². The largest absolute Gasteiger partial charge is 0.337 e. The number of nitrogens with zero attached hydrogens (tertiary/aromatic N) is 3. The van der Waals surface area contributed by atoms with Crippen molar-refractivity contribution in [2.75, 3.05) is 26.2 Å². The van der Waals surface area contributed by atoms with E-state index in [9.17, 15) is 18.0 Å². The number of benzene rings is 2. The molecule has 1 saturated heterocycles. The van der Waals surface area contributed by atoms with E-state index in [4.69, 9.17) is 0 Å². The third kappa shape index (κ3) is 4.64. The molecule has 33 heavy (non-hydrogen) atoms. The first-order valence-corrected chi connectivity index (χ1v) is 12.5. The summed E-state index contributed by atoms with van der Waals surface area (Å²) in [6.07, 6.45) is 0. The van der Waals surface area contributed by atoms with E-state index in [2.05, 4.69) is 23.6 Å². The molecule has 1 atom stereocenters. The Morgan fingerprint density at radius 3 is 2.15 bits per heavy atom. The monoisotopic (exact) mass is 468 g/mol. The minimum absolute atomic E-state index is 0.0392. The molecule has 2 aromatic carbocycles. The maximum Gasteiger partial charge on any atom is 0.263 e. The number of amides is 2. The third-order valence-electron chi connectivity index (χ3n) is 6.05. The molecule has 2 aliphatic heterocycles. The quantitative estimate of drug-likeness (QED) is 0.744. The van der Waals surface area contributed by atoms with Crippen molar-refractivity contribution < 1.29 is 18.0 Å². The van der Waals surface area contributed by atoms with Gasteiger partial charge in [0.05, 0.1) is 4.90 Å². The molecular formula is C24H28N4O4S. The van der Waals surface area contributed by atoms with Crippen molar-refractivity contribution in [3.63, 3.8) is 0 Å². The van der Waals surface area contributed by atoms with Gasteiger partial charge in [-0.25, -0.2) is 8.42 Å². The van der Waals surface area contributed by atoms with Gasteiger partial charge in [-0.2, -0.15) is 0 Å². The number of aliphatic imine (C=N–C) groups is 1. The number of amidine groups is 1. The van der Waals surface area contributed by atoms with Crippen molar-refractivity contribution in [2.24, 2.45) is 4.99 Å². The lowest BCUT2D eigenvalue weighted by Crippen LogP contribution is -2.52. The molecule has 8 nitrogen and oxygen atoms in total. The molecule has 0 saturated carbocycles. The fourth-order valence-electron chi connectivity index (χ4n) is 4.07. The van der Waals surface area contributed by atoms with Crippen LogP contribution in [0.5, 0.6) is 0 Å². The fourth-order valence-corrected chi connectivity index (χ4v) is 5.31. The average molecular weight is 469 g/mol. The van der Waals surface area contributed by atoms with Gasteiger partial charge in [-0.3, -0.25) is 19.3 Å². The van der Waals surface area contributed by atoms with Crippen molar-refractivity contribution in [3.8, 4) is 0 Å². The average Bonchev–Trinajstić information content (AvgIpc) is 3.08. The molecule has 2 amide bonds. The van der Waals surface area contributed by atoms with Crippen molar-refractivity contribution in [3.05, 3.63) is 65.2 Å². The second kappa shape index (κ2) is 8.97. The van der Waals surface area contributed by atoms with Crippen LogP contribution < -0.4 is 4.72 Å². The Morgan fingerprint density at radius 1 is 0.909 bits per heavy atom. The summed E-state index contributed by atoms with van der Waals surface area (Å²) in [5.41, 5.74) is 2.30. The summed E-state index contributed by atoms with van der Waals surface area (Å²) in [5.74, 6) is 0.356. The van der Waals surface area contributed by atoms with E-state index in [1.54, 1.807) is 34.9 Å². The molecule has 0 radical (unpaired) electrons. The predicted octanol–water partition coefficient (Wildman–Crippen LogP) is 2.22. The number of sulfonamides is 1. The van der Waals surface area contributed by atoms with Gasteiger partial charge in [-0.05, 0) is 42.7 Å². The summed E-state index contributed by atoms with van der Waals surface area (Å²) in [5, 5.41) is 0. The number of piperazine rings is 1. The zero-order chi connectivity index (χ0) is 23.8. The second-order valence-corrected chi connectivity index (χ2v) is 10.3. The van der Waals surface area contributed by atoms with Crippen molar-refractivity contribution >= 4 is 27.7 Å². The summed E-state index contributed by atoms with van der Waals surface area (Å²) >= 11 is 0. The van der Waals surface area contributed by atoms with Gasteiger partial charge in [0.2, 0.25) is 5.91 Å². The Kier molecular flexibility index (Phi) is 6.25. The lowest BCUT2D eigenvalue weighted by Gasteiger charge is -2.35. The highest BCUT2D eigenvalue weighted by molar-refractivity contribution is 7.90. The number of rotatable bonds is 4. The number of nitrogens with one attached hydrogen (secondary N) is 1. The minimum Gasteiger partial charge on any atom is -0.337 e. The number of hydrogen-bond donors (Lipinski definition) is 1. The molecule has 0 unspecified atom stereocenters. The van der Waals surface area contributed by atoms with E-state index >= 15 is 0 Å².